The largest absolute Gasteiger partial charge is 0.507 e. The molecule has 0 spiro atoms. The van der Waals surface area contributed by atoms with Crippen LogP contribution in [0.1, 0.15) is 34.8 Å². The highest BCUT2D eigenvalue weighted by Crippen LogP contribution is 2.30. The predicted molar refractivity (Wildman–Crippen MR) is 47.8 cm³/mol. The number of ketones is 1. The van der Waals surface area contributed by atoms with Gasteiger partial charge in [-0.1, -0.05) is 0 Å². The van der Waals surface area contributed by atoms with Gasteiger partial charge in [0.25, 0.3) is 6.43 Å². The Labute approximate surface area is 84.6 Å². The Hall–Kier alpha value is -1.96. The van der Waals surface area contributed by atoms with Crippen molar-refractivity contribution in [3.05, 3.63) is 28.8 Å². The van der Waals surface area contributed by atoms with Crippen molar-refractivity contribution in [2.45, 2.75) is 13.3 Å². The van der Waals surface area contributed by atoms with Gasteiger partial charge in [0.2, 0.25) is 0 Å². The molecule has 5 heteroatoms. The average Bonchev–Trinajstić information content (AvgIpc) is 2.16. The fraction of sp³-hybridized carbons (Fsp3) is 0.200. The van der Waals surface area contributed by atoms with Gasteiger partial charge in [-0.3, -0.25) is 4.79 Å². The van der Waals surface area contributed by atoms with E-state index in [0.29, 0.717) is 0 Å². The Morgan fingerprint density at radius 3 is 2.53 bits per heavy atom. The maximum absolute atomic E-state index is 12.5. The molecule has 78 valence electrons. The predicted octanol–water partition coefficient (Wildman–Crippen LogP) is 2.40. The molecule has 0 amide bonds. The Morgan fingerprint density at radius 1 is 1.53 bits per heavy atom. The summed E-state index contributed by atoms with van der Waals surface area (Å²) in [6.45, 7) is 1.19. The summed E-state index contributed by atoms with van der Waals surface area (Å²) in [6, 6.07) is 3.40. The van der Waals surface area contributed by atoms with Crippen molar-refractivity contribution < 1.29 is 18.7 Å². The number of carbonyl (C=O) groups excluding carboxylic acids is 1. The maximum atomic E-state index is 12.5. The van der Waals surface area contributed by atoms with Crippen LogP contribution in [0.3, 0.4) is 0 Å². The molecule has 1 aromatic rings. The summed E-state index contributed by atoms with van der Waals surface area (Å²) in [4.78, 5) is 10.9. The summed E-state index contributed by atoms with van der Waals surface area (Å²) in [7, 11) is 0. The second kappa shape index (κ2) is 4.05. The molecule has 0 bridgehead atoms. The molecule has 0 unspecified atom stereocenters. The number of Topliss-reactive ketones (excluding diaryl/α,β-unsaturated/α-hetero) is 1. The molecule has 0 aliphatic carbocycles. The van der Waals surface area contributed by atoms with Gasteiger partial charge in [0.05, 0.1) is 0 Å². The summed E-state index contributed by atoms with van der Waals surface area (Å²) in [6.07, 6.45) is -2.90. The van der Waals surface area contributed by atoms with E-state index in [0.717, 1.165) is 12.1 Å². The van der Waals surface area contributed by atoms with Crippen molar-refractivity contribution in [3.63, 3.8) is 0 Å². The number of carbonyl (C=O) groups is 1. The van der Waals surface area contributed by atoms with Crippen molar-refractivity contribution in [2.24, 2.45) is 0 Å². The molecule has 0 atom stereocenters. The molecule has 0 aliphatic heterocycles. The Balaban J connectivity index is 3.47. The number of nitriles is 1. The first kappa shape index (κ1) is 11.1. The van der Waals surface area contributed by atoms with Gasteiger partial charge in [-0.15, -0.1) is 0 Å². The highest BCUT2D eigenvalue weighted by Gasteiger charge is 2.18. The molecule has 0 saturated heterocycles. The minimum Gasteiger partial charge on any atom is -0.507 e. The Bertz CT molecular complexity index is 449. The first-order valence-corrected chi connectivity index (χ1v) is 4.03. The fourth-order valence-electron chi connectivity index (χ4n) is 1.15. The number of hydrogen-bond acceptors (Lipinski definition) is 3. The first-order valence-electron chi connectivity index (χ1n) is 4.03. The lowest BCUT2D eigenvalue weighted by Gasteiger charge is -2.06. The van der Waals surface area contributed by atoms with E-state index in [1.54, 1.807) is 0 Å². The lowest BCUT2D eigenvalue weighted by Crippen LogP contribution is -1.98. The third kappa shape index (κ3) is 2.10. The molecule has 1 aromatic carbocycles. The third-order valence-corrected chi connectivity index (χ3v) is 1.90. The zero-order valence-electron chi connectivity index (χ0n) is 7.79. The topological polar surface area (TPSA) is 61.1 Å². The monoisotopic (exact) mass is 211 g/mol. The molecular formula is C10H7F2NO2. The van der Waals surface area contributed by atoms with E-state index in [2.05, 4.69) is 0 Å². The third-order valence-electron chi connectivity index (χ3n) is 1.90. The van der Waals surface area contributed by atoms with Crippen LogP contribution < -0.4 is 0 Å². The molecule has 0 aliphatic rings. The Kier molecular flexibility index (Phi) is 3.00. The number of aromatic hydroxyl groups is 1. The second-order valence-electron chi connectivity index (χ2n) is 2.93. The summed E-state index contributed by atoms with van der Waals surface area (Å²) < 4.78 is 24.9. The van der Waals surface area contributed by atoms with Crippen LogP contribution in [0, 0.1) is 11.3 Å². The summed E-state index contributed by atoms with van der Waals surface area (Å²) in [5.74, 6) is -1.04. The number of phenolic OH excluding ortho intramolecular Hbond substituents is 1. The highest BCUT2D eigenvalue weighted by atomic mass is 19.3. The summed E-state index contributed by atoms with van der Waals surface area (Å²) >= 11 is 0. The average molecular weight is 211 g/mol. The molecule has 0 heterocycles. The van der Waals surface area contributed by atoms with Gasteiger partial charge >= 0.3 is 0 Å². The van der Waals surface area contributed by atoms with Crippen LogP contribution in [0.25, 0.3) is 0 Å². The number of nitrogens with zero attached hydrogens (tertiary/aromatic N) is 1. The van der Waals surface area contributed by atoms with Gasteiger partial charge in [-0.05, 0) is 19.1 Å². The van der Waals surface area contributed by atoms with Crippen LogP contribution in [-0.2, 0) is 0 Å². The van der Waals surface area contributed by atoms with Crippen molar-refractivity contribution in [1.82, 2.24) is 0 Å². The lowest BCUT2D eigenvalue weighted by molar-refractivity contribution is 0.101. The first-order chi connectivity index (χ1) is 6.97. The van der Waals surface area contributed by atoms with Crippen LogP contribution in [0.2, 0.25) is 0 Å². The standard InChI is InChI=1S/C10H7F2NO2/c1-5(14)6-2-7(10(11)12)8(4-13)9(15)3-6/h2-3,10,15H,1H3. The number of benzene rings is 1. The second-order valence-corrected chi connectivity index (χ2v) is 2.93. The van der Waals surface area contributed by atoms with Gasteiger partial charge in [-0.25, -0.2) is 8.78 Å². The Morgan fingerprint density at radius 2 is 2.13 bits per heavy atom. The lowest BCUT2D eigenvalue weighted by atomic mass is 10.0. The van der Waals surface area contributed by atoms with E-state index in [-0.39, 0.29) is 5.56 Å². The number of hydrogen-bond donors (Lipinski definition) is 1. The van der Waals surface area contributed by atoms with Crippen LogP contribution in [-0.4, -0.2) is 10.9 Å². The van der Waals surface area contributed by atoms with Crippen LogP contribution in [0.4, 0.5) is 8.78 Å². The van der Waals surface area contributed by atoms with Gasteiger partial charge in [0.1, 0.15) is 17.4 Å². The van der Waals surface area contributed by atoms with Gasteiger partial charge < -0.3 is 5.11 Å². The van der Waals surface area contributed by atoms with Gasteiger partial charge in [0, 0.05) is 11.1 Å². The summed E-state index contributed by atoms with van der Waals surface area (Å²) in [5.41, 5.74) is -1.15. The molecule has 0 aromatic heterocycles. The van der Waals surface area contributed by atoms with Crippen LogP contribution >= 0.6 is 0 Å². The van der Waals surface area contributed by atoms with Crippen molar-refractivity contribution in [2.75, 3.05) is 0 Å². The number of rotatable bonds is 2. The minimum absolute atomic E-state index is 0.0400. The van der Waals surface area contributed by atoms with E-state index >= 15 is 0 Å². The fourth-order valence-corrected chi connectivity index (χ4v) is 1.15. The molecule has 1 rings (SSSR count). The summed E-state index contributed by atoms with van der Waals surface area (Å²) in [5, 5.41) is 17.8. The normalized spacial score (nSPS) is 10.1. The highest BCUT2D eigenvalue weighted by molar-refractivity contribution is 5.95. The smallest absolute Gasteiger partial charge is 0.265 e. The van der Waals surface area contributed by atoms with Crippen molar-refractivity contribution in [3.8, 4) is 11.8 Å². The van der Waals surface area contributed by atoms with Gasteiger partial charge in [-0.2, -0.15) is 5.26 Å². The zero-order chi connectivity index (χ0) is 11.6. The van der Waals surface area contributed by atoms with Gasteiger partial charge in [0.15, 0.2) is 5.78 Å². The van der Waals surface area contributed by atoms with E-state index in [1.165, 1.54) is 13.0 Å². The van der Waals surface area contributed by atoms with Crippen molar-refractivity contribution >= 4 is 5.78 Å². The number of phenols is 1. The molecule has 0 saturated carbocycles. The van der Waals surface area contributed by atoms with E-state index in [4.69, 9.17) is 5.26 Å². The molecule has 3 nitrogen and oxygen atoms in total. The maximum Gasteiger partial charge on any atom is 0.265 e. The zero-order valence-corrected chi connectivity index (χ0v) is 7.79. The van der Waals surface area contributed by atoms with Crippen LogP contribution in [0.5, 0.6) is 5.75 Å². The molecule has 15 heavy (non-hydrogen) atoms. The van der Waals surface area contributed by atoms with E-state index in [9.17, 15) is 18.7 Å². The minimum atomic E-state index is -2.90. The van der Waals surface area contributed by atoms with E-state index < -0.39 is 29.1 Å². The SMILES string of the molecule is CC(=O)c1cc(O)c(C#N)c(C(F)F)c1. The number of alkyl halides is 2. The van der Waals surface area contributed by atoms with Crippen LogP contribution in [0.15, 0.2) is 12.1 Å². The number of halogens is 2. The van der Waals surface area contributed by atoms with Crippen molar-refractivity contribution in [1.29, 1.82) is 5.26 Å². The molecule has 1 N–H and O–H groups in total. The molecular weight excluding hydrogens is 204 g/mol. The van der Waals surface area contributed by atoms with E-state index in [1.807, 2.05) is 0 Å². The molecule has 0 radical (unpaired) electrons. The quantitative estimate of drug-likeness (QED) is 0.764. The molecule has 0 fully saturated rings.